The molecule has 33 heavy (non-hydrogen) atoms. The largest absolute Gasteiger partial charge is 0.363 e. The summed E-state index contributed by atoms with van der Waals surface area (Å²) >= 11 is 5.87. The first-order chi connectivity index (χ1) is 15.8. The highest BCUT2D eigenvalue weighted by Gasteiger charge is 2.63. The van der Waals surface area contributed by atoms with Crippen LogP contribution in [-0.2, 0) is 28.5 Å². The molecular weight excluding hydrogens is 470 g/mol. The zero-order chi connectivity index (χ0) is 24.2. The molecule has 1 amide bonds. The van der Waals surface area contributed by atoms with E-state index in [1.165, 1.54) is 30.3 Å². The Kier molecular flexibility index (Phi) is 7.85. The lowest BCUT2D eigenvalue weighted by molar-refractivity contribution is -0.125. The second-order valence-corrected chi connectivity index (χ2v) is 9.99. The minimum absolute atomic E-state index is 0.0551. The molecule has 7 nitrogen and oxygen atoms in total. The van der Waals surface area contributed by atoms with E-state index in [0.29, 0.717) is 17.5 Å². The first kappa shape index (κ1) is 25.2. The molecule has 10 heteroatoms. The van der Waals surface area contributed by atoms with Crippen LogP contribution in [0.15, 0.2) is 53.5 Å². The van der Waals surface area contributed by atoms with Crippen molar-refractivity contribution >= 4 is 43.3 Å². The summed E-state index contributed by atoms with van der Waals surface area (Å²) in [4.78, 5) is 31.7. The number of benzene rings is 2. The molecule has 1 aliphatic rings. The second kappa shape index (κ2) is 10.3. The Morgan fingerprint density at radius 1 is 1.21 bits per heavy atom. The predicted molar refractivity (Wildman–Crippen MR) is 125 cm³/mol. The molecule has 0 aromatic heterocycles. The lowest BCUT2D eigenvalue weighted by Crippen LogP contribution is -2.42. The van der Waals surface area contributed by atoms with Gasteiger partial charge in [0.05, 0.1) is 30.1 Å². The number of aldehydes is 1. The average molecular weight is 495 g/mol. The van der Waals surface area contributed by atoms with Crippen molar-refractivity contribution in [1.82, 2.24) is 0 Å². The summed E-state index contributed by atoms with van der Waals surface area (Å²) in [5.74, 6) is -3.36. The number of nitrogens with zero attached hydrogens (tertiary/aromatic N) is 2. The van der Waals surface area contributed by atoms with E-state index in [4.69, 9.17) is 20.6 Å². The number of anilines is 1. The Bertz CT molecular complexity index is 1090. The Labute approximate surface area is 197 Å². The van der Waals surface area contributed by atoms with Crippen LogP contribution in [0.4, 0.5) is 10.1 Å². The van der Waals surface area contributed by atoms with Crippen LogP contribution in [0.5, 0.6) is 0 Å². The maximum atomic E-state index is 14.1. The molecule has 1 heterocycles. The van der Waals surface area contributed by atoms with Crippen LogP contribution >= 0.6 is 19.2 Å². The van der Waals surface area contributed by atoms with Gasteiger partial charge in [-0.05, 0) is 37.6 Å². The summed E-state index contributed by atoms with van der Waals surface area (Å²) in [6, 6.07) is 12.4. The van der Waals surface area contributed by atoms with Crippen LogP contribution in [0.25, 0.3) is 0 Å². The van der Waals surface area contributed by atoms with Gasteiger partial charge in [-0.1, -0.05) is 41.9 Å². The smallest absolute Gasteiger partial charge is 0.315 e. The number of hydrogen-bond donors (Lipinski definition) is 0. The molecule has 2 aromatic rings. The number of carbonyl (C=O) groups is 2. The fraction of sp³-hybridized carbons (Fsp3) is 0.348. The number of halogens is 2. The van der Waals surface area contributed by atoms with Crippen LogP contribution in [0.2, 0.25) is 5.02 Å². The molecule has 0 fully saturated rings. The Morgan fingerprint density at radius 3 is 2.39 bits per heavy atom. The van der Waals surface area contributed by atoms with Gasteiger partial charge in [0.2, 0.25) is 5.91 Å². The molecule has 3 atom stereocenters. The molecule has 0 unspecified atom stereocenters. The average Bonchev–Trinajstić information content (AvgIpc) is 3.22. The third kappa shape index (κ3) is 4.41. The Morgan fingerprint density at radius 2 is 1.85 bits per heavy atom. The zero-order valence-electron chi connectivity index (χ0n) is 18.5. The van der Waals surface area contributed by atoms with Crippen molar-refractivity contribution in [3.8, 4) is 0 Å². The number of aliphatic imine (C=N–C) groups is 1. The van der Waals surface area contributed by atoms with Crippen molar-refractivity contribution < 1.29 is 27.6 Å². The normalized spacial score (nSPS) is 22.3. The van der Waals surface area contributed by atoms with E-state index in [1.54, 1.807) is 44.2 Å². The molecule has 0 aliphatic carbocycles. The topological polar surface area (TPSA) is 85.3 Å². The highest BCUT2D eigenvalue weighted by molar-refractivity contribution is 7.55. The van der Waals surface area contributed by atoms with Gasteiger partial charge in [0, 0.05) is 18.9 Å². The predicted octanol–water partition coefficient (Wildman–Crippen LogP) is 5.08. The third-order valence-corrected chi connectivity index (χ3v) is 8.54. The summed E-state index contributed by atoms with van der Waals surface area (Å²) in [5.41, 5.74) is 0.769. The first-order valence-corrected chi connectivity index (χ1v) is 12.4. The van der Waals surface area contributed by atoms with E-state index >= 15 is 0 Å². The zero-order valence-corrected chi connectivity index (χ0v) is 20.1. The molecule has 0 saturated heterocycles. The third-order valence-electron chi connectivity index (χ3n) is 5.55. The van der Waals surface area contributed by atoms with E-state index < -0.39 is 36.4 Å². The molecule has 1 aliphatic heterocycles. The van der Waals surface area contributed by atoms with Gasteiger partial charge in [-0.25, -0.2) is 4.39 Å². The number of rotatable bonds is 9. The number of amides is 1. The molecule has 3 rings (SSSR count). The molecule has 0 bridgehead atoms. The monoisotopic (exact) mass is 494 g/mol. The van der Waals surface area contributed by atoms with Crippen molar-refractivity contribution in [2.45, 2.75) is 19.1 Å². The van der Waals surface area contributed by atoms with Crippen molar-refractivity contribution in [3.05, 3.63) is 64.9 Å². The molecule has 0 radical (unpaired) electrons. The lowest BCUT2D eigenvalue weighted by Gasteiger charge is -2.38. The Balaban J connectivity index is 2.10. The van der Waals surface area contributed by atoms with Crippen molar-refractivity contribution in [1.29, 1.82) is 0 Å². The summed E-state index contributed by atoms with van der Waals surface area (Å²) in [6.07, 6.45) is 1.89. The fourth-order valence-corrected chi connectivity index (χ4v) is 6.58. The van der Waals surface area contributed by atoms with Gasteiger partial charge in [-0.2, -0.15) is 0 Å². The van der Waals surface area contributed by atoms with Gasteiger partial charge >= 0.3 is 7.60 Å². The molecule has 0 spiro atoms. The van der Waals surface area contributed by atoms with Crippen LogP contribution < -0.4 is 4.90 Å². The van der Waals surface area contributed by atoms with E-state index in [1.807, 2.05) is 0 Å². The van der Waals surface area contributed by atoms with Gasteiger partial charge in [-0.15, -0.1) is 0 Å². The molecule has 2 aromatic carbocycles. The molecule has 176 valence electrons. The van der Waals surface area contributed by atoms with Crippen LogP contribution in [0.3, 0.4) is 0 Å². The minimum Gasteiger partial charge on any atom is -0.315 e. The van der Waals surface area contributed by atoms with Crippen molar-refractivity contribution in [3.63, 3.8) is 0 Å². The van der Waals surface area contributed by atoms with Crippen molar-refractivity contribution in [2.75, 3.05) is 25.2 Å². The highest BCUT2D eigenvalue weighted by atomic mass is 35.5. The second-order valence-electron chi connectivity index (χ2n) is 7.39. The fourth-order valence-electron chi connectivity index (χ4n) is 4.00. The summed E-state index contributed by atoms with van der Waals surface area (Å²) in [5, 5.41) is -1.88. The van der Waals surface area contributed by atoms with Gasteiger partial charge in [-0.3, -0.25) is 14.4 Å². The number of hydrogen-bond acceptors (Lipinski definition) is 6. The van der Waals surface area contributed by atoms with Gasteiger partial charge in [0.25, 0.3) is 0 Å². The van der Waals surface area contributed by atoms with Gasteiger partial charge in [0.1, 0.15) is 12.1 Å². The maximum absolute atomic E-state index is 14.1. The lowest BCUT2D eigenvalue weighted by atomic mass is 9.86. The van der Waals surface area contributed by atoms with E-state index in [2.05, 4.69) is 4.99 Å². The standard InChI is InChI=1S/C23H25ClFN2O5P/c1-4-31-33(30,32-5-2)23(16-9-7-6-8-10-16)19(15-28)18(14-26-23)22(29)27(3)17-11-12-21(25)20(24)13-17/h6-15,18-19H,4-5H2,1-3H3/t18-,19-,23+/m1/s1. The van der Waals surface area contributed by atoms with Crippen LogP contribution in [0.1, 0.15) is 19.4 Å². The molecule has 0 N–H and O–H groups in total. The summed E-state index contributed by atoms with van der Waals surface area (Å²) in [7, 11) is -2.58. The van der Waals surface area contributed by atoms with Crippen LogP contribution in [0, 0.1) is 17.7 Å². The highest BCUT2D eigenvalue weighted by Crippen LogP contribution is 2.70. The van der Waals surface area contributed by atoms with Crippen molar-refractivity contribution in [2.24, 2.45) is 16.8 Å². The Hall–Kier alpha value is -2.38. The minimum atomic E-state index is -4.06. The quantitative estimate of drug-likeness (QED) is 0.358. The van der Waals surface area contributed by atoms with E-state index in [0.717, 1.165) is 6.07 Å². The van der Waals surface area contributed by atoms with Gasteiger partial charge < -0.3 is 18.7 Å². The van der Waals surface area contributed by atoms with E-state index in [-0.39, 0.29) is 18.2 Å². The first-order valence-electron chi connectivity index (χ1n) is 10.4. The summed E-state index contributed by atoms with van der Waals surface area (Å²) in [6.45, 7) is 3.43. The molecule has 0 saturated carbocycles. The van der Waals surface area contributed by atoms with Crippen LogP contribution in [-0.4, -0.2) is 38.7 Å². The summed E-state index contributed by atoms with van der Waals surface area (Å²) < 4.78 is 38.9. The number of carbonyl (C=O) groups excluding carboxylic acids is 2. The maximum Gasteiger partial charge on any atom is 0.363 e. The van der Waals surface area contributed by atoms with E-state index in [9.17, 15) is 18.5 Å². The molecular formula is C23H25ClFN2O5P. The van der Waals surface area contributed by atoms with Gasteiger partial charge in [0.15, 0.2) is 5.28 Å². The SMILES string of the molecule is CCOP(=O)(OCC)[C@]1(c2ccccc2)N=C[C@@H](C(=O)N(C)c2ccc(F)c(Cl)c2)[C@H]1C=O.